The molecule has 0 unspecified atom stereocenters. The summed E-state index contributed by atoms with van der Waals surface area (Å²) in [6, 6.07) is 12.7. The number of benzene rings is 2. The molecule has 0 aliphatic carbocycles. The van der Waals surface area contributed by atoms with E-state index in [1.807, 2.05) is 44.2 Å². The van der Waals surface area contributed by atoms with Crippen LogP contribution in [0.2, 0.25) is 0 Å². The van der Waals surface area contributed by atoms with E-state index in [9.17, 15) is 5.11 Å². The summed E-state index contributed by atoms with van der Waals surface area (Å²) < 4.78 is 6.53. The van der Waals surface area contributed by atoms with Gasteiger partial charge < -0.3 is 20.1 Å². The zero-order valence-corrected chi connectivity index (χ0v) is 14.5. The molecule has 2 rings (SSSR count). The van der Waals surface area contributed by atoms with E-state index in [0.717, 1.165) is 15.6 Å². The zero-order valence-electron chi connectivity index (χ0n) is 12.9. The summed E-state index contributed by atoms with van der Waals surface area (Å²) in [7, 11) is 0. The van der Waals surface area contributed by atoms with Crippen molar-refractivity contribution in [1.82, 2.24) is 0 Å². The first kappa shape index (κ1) is 17.5. The average molecular weight is 378 g/mol. The van der Waals surface area contributed by atoms with E-state index in [2.05, 4.69) is 26.2 Å². The van der Waals surface area contributed by atoms with Gasteiger partial charge in [0.1, 0.15) is 12.0 Å². The number of rotatable bonds is 6. The Morgan fingerprint density at radius 2 is 1.87 bits per heavy atom. The van der Waals surface area contributed by atoms with E-state index in [0.29, 0.717) is 11.3 Å². The predicted molar refractivity (Wildman–Crippen MR) is 92.7 cm³/mol. The molecule has 0 amide bonds. The van der Waals surface area contributed by atoms with Crippen molar-refractivity contribution in [3.63, 3.8) is 0 Å². The van der Waals surface area contributed by atoms with Crippen LogP contribution in [0.15, 0.2) is 46.9 Å². The first-order valence-electron chi connectivity index (χ1n) is 6.97. The molecule has 0 radical (unpaired) electrons. The van der Waals surface area contributed by atoms with Gasteiger partial charge in [0.25, 0.3) is 0 Å². The molecule has 122 valence electrons. The highest BCUT2D eigenvalue weighted by Gasteiger charge is 2.05. The number of aliphatic hydroxyl groups is 2. The molecule has 0 atom stereocenters. The number of aliphatic hydroxyl groups excluding tert-OH is 1. The molecule has 6 heteroatoms. The molecule has 2 aromatic carbocycles. The molecule has 0 heterocycles. The molecule has 0 aliphatic heterocycles. The van der Waals surface area contributed by atoms with Crippen LogP contribution in [0.4, 0.5) is 0 Å². The van der Waals surface area contributed by atoms with Crippen LogP contribution in [0, 0.1) is 25.5 Å². The quantitative estimate of drug-likeness (QED) is 0.253. The van der Waals surface area contributed by atoms with Gasteiger partial charge >= 0.3 is 0 Å². The maximum atomic E-state index is 9.72. The van der Waals surface area contributed by atoms with E-state index in [1.54, 1.807) is 12.1 Å². The summed E-state index contributed by atoms with van der Waals surface area (Å²) in [6.45, 7) is 3.83. The first-order chi connectivity index (χ1) is 11.0. The third-order valence-corrected chi connectivity index (χ3v) is 4.34. The van der Waals surface area contributed by atoms with Gasteiger partial charge in [-0.25, -0.2) is 5.48 Å². The normalized spacial score (nSPS) is 10.7. The van der Waals surface area contributed by atoms with Crippen LogP contribution in [0.3, 0.4) is 0 Å². The maximum absolute atomic E-state index is 9.72. The molecule has 2 aromatic rings. The molecule has 5 nitrogen and oxygen atoms in total. The highest BCUT2D eigenvalue weighted by molar-refractivity contribution is 9.10. The molecule has 0 aliphatic rings. The van der Waals surface area contributed by atoms with E-state index in [1.165, 1.54) is 0 Å². The van der Waals surface area contributed by atoms with E-state index < -0.39 is 0 Å². The van der Waals surface area contributed by atoms with Crippen molar-refractivity contribution >= 4 is 21.8 Å². The minimum absolute atomic E-state index is 0.0209. The van der Waals surface area contributed by atoms with Crippen molar-refractivity contribution in [2.45, 2.75) is 13.8 Å². The standard InChI is InChI=1S/C17H18BrN2O3/c1-11-8-14(9-12(2)16(11)18)22-10-15(21)23-20-17(19)13-6-4-3-5-7-13/h3-9,21,23H,10H2,1-2H3,(H-,19,20)/q-1. The van der Waals surface area contributed by atoms with E-state index in [4.69, 9.17) is 10.1 Å². The third-order valence-electron chi connectivity index (χ3n) is 3.09. The Labute approximate surface area is 143 Å². The fourth-order valence-electron chi connectivity index (χ4n) is 1.93. The number of hydroxylamine groups is 1. The Morgan fingerprint density at radius 3 is 2.48 bits per heavy atom. The topological polar surface area (TPSA) is 80.2 Å². The third kappa shape index (κ3) is 5.06. The summed E-state index contributed by atoms with van der Waals surface area (Å²) in [5.41, 5.74) is 6.41. The molecule has 23 heavy (non-hydrogen) atoms. The second kappa shape index (κ2) is 8.10. The van der Waals surface area contributed by atoms with Crippen LogP contribution < -0.4 is 4.74 Å². The second-order valence-electron chi connectivity index (χ2n) is 4.99. The van der Waals surface area contributed by atoms with E-state index >= 15 is 0 Å². The largest absolute Gasteiger partial charge is 0.515 e. The smallest absolute Gasteiger partial charge is 0.136 e. The lowest BCUT2D eigenvalue weighted by atomic mass is 10.1. The molecule has 0 spiro atoms. The number of hydrogen-bond acceptors (Lipinski definition) is 3. The van der Waals surface area contributed by atoms with Gasteiger partial charge in [-0.2, -0.15) is 0 Å². The van der Waals surface area contributed by atoms with Crippen molar-refractivity contribution in [3.8, 4) is 5.75 Å². The minimum Gasteiger partial charge on any atom is -0.515 e. The highest BCUT2D eigenvalue weighted by atomic mass is 79.9. The number of aryl methyl sites for hydroxylation is 2. The maximum Gasteiger partial charge on any atom is 0.136 e. The molecule has 0 bridgehead atoms. The van der Waals surface area contributed by atoms with Crippen LogP contribution in [0.25, 0.3) is 5.48 Å². The van der Waals surface area contributed by atoms with Crippen molar-refractivity contribution < 1.29 is 14.7 Å². The van der Waals surface area contributed by atoms with Gasteiger partial charge in [-0.1, -0.05) is 46.3 Å². The number of halogens is 1. The fourth-order valence-corrected chi connectivity index (χ4v) is 2.16. The van der Waals surface area contributed by atoms with Crippen LogP contribution >= 0.6 is 15.9 Å². The fraction of sp³-hybridized carbons (Fsp3) is 0.176. The Morgan fingerprint density at radius 1 is 1.26 bits per heavy atom. The van der Waals surface area contributed by atoms with E-state index in [-0.39, 0.29) is 18.7 Å². The van der Waals surface area contributed by atoms with Crippen LogP contribution in [-0.4, -0.2) is 22.4 Å². The molecule has 0 fully saturated rings. The Balaban J connectivity index is 1.81. The van der Waals surface area contributed by atoms with Gasteiger partial charge in [-0.3, -0.25) is 0 Å². The SMILES string of the molecule is Cc1cc(OC[C-](O)[OH+][N-]C(=N)c2ccccc2)cc(C)c1Br. The van der Waals surface area contributed by atoms with Gasteiger partial charge in [0.05, 0.1) is 6.61 Å². The Hall–Kier alpha value is -1.89. The summed E-state index contributed by atoms with van der Waals surface area (Å²) in [6.07, 6.45) is -0.288. The number of nitrogens with zero attached hydrogens (tertiary/aromatic N) is 1. The Kier molecular flexibility index (Phi) is 6.15. The van der Waals surface area contributed by atoms with Crippen molar-refractivity contribution in [2.75, 3.05) is 6.61 Å². The second-order valence-corrected chi connectivity index (χ2v) is 5.78. The van der Waals surface area contributed by atoms with Gasteiger partial charge in [0.2, 0.25) is 0 Å². The molecule has 0 aromatic heterocycles. The number of nitrogens with one attached hydrogen (secondary N) is 1. The van der Waals surface area contributed by atoms with Gasteiger partial charge in [-0.15, -0.1) is 0 Å². The lowest BCUT2D eigenvalue weighted by molar-refractivity contribution is -0.0829. The summed E-state index contributed by atoms with van der Waals surface area (Å²) in [5, 5.41) is 17.5. The van der Waals surface area contributed by atoms with Gasteiger partial charge in [0, 0.05) is 10.3 Å². The summed E-state index contributed by atoms with van der Waals surface area (Å²) in [4.78, 5) is 3.62. The minimum atomic E-state index is -0.288. The van der Waals surface area contributed by atoms with Crippen LogP contribution in [0.5, 0.6) is 5.75 Å². The molecular weight excluding hydrogens is 360 g/mol. The van der Waals surface area contributed by atoms with Gasteiger partial charge in [0.15, 0.2) is 0 Å². The molecule has 0 saturated heterocycles. The summed E-state index contributed by atoms with van der Waals surface area (Å²) >= 11 is 3.49. The lowest BCUT2D eigenvalue weighted by Crippen LogP contribution is -2.16. The predicted octanol–water partition coefficient (Wildman–Crippen LogP) is 4.63. The number of ether oxygens (including phenoxy) is 1. The monoisotopic (exact) mass is 377 g/mol. The van der Waals surface area contributed by atoms with Crippen LogP contribution in [-0.2, 0) is 0 Å². The Bertz CT molecular complexity index is 654. The molecule has 0 saturated carbocycles. The van der Waals surface area contributed by atoms with Gasteiger partial charge in [-0.05, 0) is 42.7 Å². The van der Waals surface area contributed by atoms with Crippen molar-refractivity contribution in [3.05, 3.63) is 75.4 Å². The number of hydrogen-bond donors (Lipinski definition) is 2. The van der Waals surface area contributed by atoms with Crippen molar-refractivity contribution in [2.24, 2.45) is 0 Å². The zero-order chi connectivity index (χ0) is 16.8. The summed E-state index contributed by atoms with van der Waals surface area (Å²) in [5.74, 6) is 0.621. The molecular formula is C17H18BrN2O3-. The first-order valence-corrected chi connectivity index (χ1v) is 7.76. The van der Waals surface area contributed by atoms with Crippen molar-refractivity contribution in [1.29, 1.82) is 5.41 Å². The van der Waals surface area contributed by atoms with Crippen LogP contribution in [0.1, 0.15) is 16.7 Å². The highest BCUT2D eigenvalue weighted by Crippen LogP contribution is 2.26. The average Bonchev–Trinajstić information content (AvgIpc) is 2.56. The lowest BCUT2D eigenvalue weighted by Gasteiger charge is -2.23. The molecule has 3 N–H and O–H groups in total. The number of amidine groups is 1.